The van der Waals surface area contributed by atoms with Gasteiger partial charge in [0.1, 0.15) is 0 Å². The van der Waals surface area contributed by atoms with Crippen molar-refractivity contribution in [2.45, 2.75) is 39.5 Å². The van der Waals surface area contributed by atoms with E-state index in [9.17, 15) is 25.0 Å². The Balaban J connectivity index is 2.48. The van der Waals surface area contributed by atoms with Gasteiger partial charge in [0.05, 0.1) is 9.85 Å². The molecule has 0 heterocycles. The van der Waals surface area contributed by atoms with E-state index in [1.807, 2.05) is 27.7 Å². The van der Waals surface area contributed by atoms with Crippen molar-refractivity contribution in [2.75, 3.05) is 5.32 Å². The van der Waals surface area contributed by atoms with E-state index in [4.69, 9.17) is 0 Å². The van der Waals surface area contributed by atoms with Crippen molar-refractivity contribution >= 4 is 23.0 Å². The molecule has 2 aromatic rings. The fraction of sp³-hybridized carbons (Fsp3) is 0.316. The van der Waals surface area contributed by atoms with E-state index in [0.29, 0.717) is 16.8 Å². The Kier molecular flexibility index (Phi) is 5.89. The molecule has 0 aliphatic heterocycles. The predicted octanol–water partition coefficient (Wildman–Crippen LogP) is 5.00. The zero-order chi connectivity index (χ0) is 20.3. The molecule has 2 aromatic carbocycles. The van der Waals surface area contributed by atoms with Crippen LogP contribution in [0.15, 0.2) is 36.4 Å². The predicted molar refractivity (Wildman–Crippen MR) is 102 cm³/mol. The van der Waals surface area contributed by atoms with Crippen molar-refractivity contribution < 1.29 is 14.6 Å². The Morgan fingerprint density at radius 1 is 0.852 bits per heavy atom. The molecule has 0 bridgehead atoms. The molecule has 1 amide bonds. The number of nitrogens with one attached hydrogen (secondary N) is 1. The highest BCUT2D eigenvalue weighted by molar-refractivity contribution is 6.05. The van der Waals surface area contributed by atoms with Crippen molar-refractivity contribution in [3.05, 3.63) is 73.3 Å². The molecule has 0 radical (unpaired) electrons. The Morgan fingerprint density at radius 3 is 1.67 bits per heavy atom. The van der Waals surface area contributed by atoms with Gasteiger partial charge in [-0.25, -0.2) is 0 Å². The van der Waals surface area contributed by atoms with Gasteiger partial charge in [-0.15, -0.1) is 0 Å². The molecule has 2 rings (SSSR count). The molecule has 0 atom stereocenters. The number of amides is 1. The van der Waals surface area contributed by atoms with Crippen LogP contribution >= 0.6 is 0 Å². The lowest BCUT2D eigenvalue weighted by atomic mass is 9.91. The maximum absolute atomic E-state index is 12.6. The van der Waals surface area contributed by atoms with E-state index in [-0.39, 0.29) is 28.8 Å². The van der Waals surface area contributed by atoms with Gasteiger partial charge in [-0.2, -0.15) is 0 Å². The largest absolute Gasteiger partial charge is 0.321 e. The first-order chi connectivity index (χ1) is 12.6. The summed E-state index contributed by atoms with van der Waals surface area (Å²) in [6.45, 7) is 7.57. The summed E-state index contributed by atoms with van der Waals surface area (Å²) in [5.41, 5.74) is 2.03. The van der Waals surface area contributed by atoms with E-state index >= 15 is 0 Å². The average Bonchev–Trinajstić information content (AvgIpc) is 2.61. The summed E-state index contributed by atoms with van der Waals surface area (Å²) in [7, 11) is 0. The number of hydrogen-bond acceptors (Lipinski definition) is 5. The van der Waals surface area contributed by atoms with Crippen LogP contribution in [0.3, 0.4) is 0 Å². The number of carbonyl (C=O) groups is 1. The van der Waals surface area contributed by atoms with Gasteiger partial charge in [0, 0.05) is 35.5 Å². The minimum Gasteiger partial charge on any atom is -0.321 e. The number of carbonyl (C=O) groups excluding carboxylic acids is 1. The van der Waals surface area contributed by atoms with Crippen molar-refractivity contribution in [3.63, 3.8) is 0 Å². The molecule has 0 saturated carbocycles. The van der Waals surface area contributed by atoms with Gasteiger partial charge in [-0.3, -0.25) is 25.0 Å². The normalized spacial score (nSPS) is 10.9. The lowest BCUT2D eigenvalue weighted by molar-refractivity contribution is -0.385. The molecular weight excluding hydrogens is 350 g/mol. The molecule has 8 nitrogen and oxygen atoms in total. The zero-order valence-electron chi connectivity index (χ0n) is 15.6. The number of nitro groups is 2. The maximum Gasteiger partial charge on any atom is 0.270 e. The maximum atomic E-state index is 12.6. The van der Waals surface area contributed by atoms with Crippen LogP contribution in [-0.4, -0.2) is 15.8 Å². The highest BCUT2D eigenvalue weighted by atomic mass is 16.6. The quantitative estimate of drug-likeness (QED) is 0.566. The molecule has 0 aromatic heterocycles. The van der Waals surface area contributed by atoms with E-state index in [1.54, 1.807) is 0 Å². The number of anilines is 1. The second-order valence-electron chi connectivity index (χ2n) is 6.82. The molecule has 0 fully saturated rings. The molecule has 27 heavy (non-hydrogen) atoms. The third-order valence-electron chi connectivity index (χ3n) is 4.22. The van der Waals surface area contributed by atoms with Gasteiger partial charge < -0.3 is 5.32 Å². The molecule has 0 spiro atoms. The Bertz CT molecular complexity index is 860. The van der Waals surface area contributed by atoms with Crippen LogP contribution < -0.4 is 5.32 Å². The number of rotatable bonds is 6. The van der Waals surface area contributed by atoms with Crippen LogP contribution in [0.4, 0.5) is 17.1 Å². The van der Waals surface area contributed by atoms with Crippen LogP contribution in [0.25, 0.3) is 0 Å². The summed E-state index contributed by atoms with van der Waals surface area (Å²) in [6.07, 6.45) is 0. The highest BCUT2D eigenvalue weighted by Gasteiger charge is 2.22. The average molecular weight is 371 g/mol. The van der Waals surface area contributed by atoms with Crippen molar-refractivity contribution in [2.24, 2.45) is 0 Å². The topological polar surface area (TPSA) is 115 Å². The number of benzene rings is 2. The van der Waals surface area contributed by atoms with Crippen molar-refractivity contribution in [1.82, 2.24) is 0 Å². The van der Waals surface area contributed by atoms with Crippen LogP contribution in [0.1, 0.15) is 61.0 Å². The van der Waals surface area contributed by atoms with E-state index in [2.05, 4.69) is 5.32 Å². The van der Waals surface area contributed by atoms with Crippen LogP contribution in [0, 0.1) is 20.2 Å². The van der Waals surface area contributed by atoms with Crippen LogP contribution in [0.2, 0.25) is 0 Å². The van der Waals surface area contributed by atoms with E-state index in [0.717, 1.165) is 0 Å². The van der Waals surface area contributed by atoms with Crippen molar-refractivity contribution in [3.8, 4) is 0 Å². The third kappa shape index (κ3) is 4.46. The second-order valence-corrected chi connectivity index (χ2v) is 6.82. The van der Waals surface area contributed by atoms with E-state index in [1.165, 1.54) is 36.4 Å². The summed E-state index contributed by atoms with van der Waals surface area (Å²) < 4.78 is 0. The minimum absolute atomic E-state index is 0.0178. The molecule has 8 heteroatoms. The first kappa shape index (κ1) is 20.0. The monoisotopic (exact) mass is 371 g/mol. The standard InChI is InChI=1S/C19H21N3O5/c1-11(2)16-9-15(22(26)27)10-17(12(3)4)18(16)20-19(23)13-5-7-14(8-6-13)21(24)25/h5-12H,1-4H3,(H,20,23). The summed E-state index contributed by atoms with van der Waals surface area (Å²) >= 11 is 0. The lowest BCUT2D eigenvalue weighted by Gasteiger charge is -2.20. The molecule has 0 aliphatic carbocycles. The highest BCUT2D eigenvalue weighted by Crippen LogP contribution is 2.36. The van der Waals surface area contributed by atoms with Gasteiger partial charge in [0.2, 0.25) is 0 Å². The fourth-order valence-electron chi connectivity index (χ4n) is 2.75. The molecule has 0 aliphatic rings. The number of nitrogens with zero attached hydrogens (tertiary/aromatic N) is 2. The first-order valence-corrected chi connectivity index (χ1v) is 8.49. The number of non-ortho nitro benzene ring substituents is 2. The molecule has 1 N–H and O–H groups in total. The van der Waals surface area contributed by atoms with Gasteiger partial charge in [0.15, 0.2) is 0 Å². The van der Waals surface area contributed by atoms with Crippen LogP contribution in [0.5, 0.6) is 0 Å². The van der Waals surface area contributed by atoms with Gasteiger partial charge in [0.25, 0.3) is 17.3 Å². The van der Waals surface area contributed by atoms with Gasteiger partial charge in [-0.05, 0) is 35.1 Å². The summed E-state index contributed by atoms with van der Waals surface area (Å²) in [5, 5.41) is 24.8. The van der Waals surface area contributed by atoms with Gasteiger partial charge >= 0.3 is 0 Å². The summed E-state index contributed by atoms with van der Waals surface area (Å²) in [5.74, 6) is -0.522. The summed E-state index contributed by atoms with van der Waals surface area (Å²) in [4.78, 5) is 33.7. The fourth-order valence-corrected chi connectivity index (χ4v) is 2.75. The summed E-state index contributed by atoms with van der Waals surface area (Å²) in [6, 6.07) is 8.23. The van der Waals surface area contributed by atoms with E-state index < -0.39 is 15.8 Å². The molecular formula is C19H21N3O5. The Hall–Kier alpha value is -3.29. The Labute approximate surface area is 156 Å². The van der Waals surface area contributed by atoms with Crippen LogP contribution in [-0.2, 0) is 0 Å². The van der Waals surface area contributed by atoms with Crippen molar-refractivity contribution in [1.29, 1.82) is 0 Å². The first-order valence-electron chi connectivity index (χ1n) is 8.49. The third-order valence-corrected chi connectivity index (χ3v) is 4.22. The Morgan fingerprint density at radius 2 is 1.30 bits per heavy atom. The SMILES string of the molecule is CC(C)c1cc([N+](=O)[O-])cc(C(C)C)c1NC(=O)c1ccc([N+](=O)[O-])cc1. The van der Waals surface area contributed by atoms with Gasteiger partial charge in [-0.1, -0.05) is 27.7 Å². The number of nitro benzene ring substituents is 2. The zero-order valence-corrected chi connectivity index (χ0v) is 15.6. The molecule has 142 valence electrons. The number of hydrogen-bond donors (Lipinski definition) is 1. The molecule has 0 unspecified atom stereocenters. The molecule has 0 saturated heterocycles. The second kappa shape index (κ2) is 7.94. The lowest BCUT2D eigenvalue weighted by Crippen LogP contribution is -2.16. The smallest absolute Gasteiger partial charge is 0.270 e. The minimum atomic E-state index is -0.536.